The first-order valence-corrected chi connectivity index (χ1v) is 8.18. The molecule has 1 saturated heterocycles. The lowest BCUT2D eigenvalue weighted by Crippen LogP contribution is -2.36. The minimum Gasteiger partial charge on any atom is -0.505 e. The van der Waals surface area contributed by atoms with Gasteiger partial charge in [-0.1, -0.05) is 6.07 Å². The van der Waals surface area contributed by atoms with E-state index in [0.29, 0.717) is 12.1 Å². The molecule has 2 unspecified atom stereocenters. The summed E-state index contributed by atoms with van der Waals surface area (Å²) in [4.78, 5) is 11.3. The molecule has 0 saturated carbocycles. The topological polar surface area (TPSA) is 94.7 Å². The number of phenolic OH excluding ortho intramolecular Hbond substituents is 1. The van der Waals surface area contributed by atoms with E-state index in [2.05, 4.69) is 26.2 Å². The van der Waals surface area contributed by atoms with Gasteiger partial charge in [0.1, 0.15) is 0 Å². The Morgan fingerprint density at radius 1 is 1.27 bits per heavy atom. The highest BCUT2D eigenvalue weighted by atomic mass is 19.1. The largest absolute Gasteiger partial charge is 0.505 e. The lowest BCUT2D eigenvalue weighted by Gasteiger charge is -2.16. The number of carbonyl (C=O) groups is 1. The van der Waals surface area contributed by atoms with Crippen LogP contribution in [0, 0.1) is 12.7 Å². The number of nitrogens with one attached hydrogen (secondary N) is 4. The molecule has 2 atom stereocenters. The summed E-state index contributed by atoms with van der Waals surface area (Å²) in [5, 5.41) is 15.3. The number of phenols is 1. The molecule has 7 nitrogen and oxygen atoms in total. The minimum absolute atomic E-state index is 0.0602. The number of ether oxygens (including phenoxy) is 1. The van der Waals surface area contributed by atoms with Crippen molar-refractivity contribution in [3.05, 3.63) is 53.3 Å². The number of amides is 1. The second-order valence-electron chi connectivity index (χ2n) is 6.13. The number of methoxy groups -OCH3 is 1. The van der Waals surface area contributed by atoms with E-state index < -0.39 is 11.9 Å². The fraction of sp³-hybridized carbons (Fsp3) is 0.278. The Hall–Kier alpha value is -2.84. The van der Waals surface area contributed by atoms with Crippen LogP contribution < -0.4 is 21.5 Å². The molecule has 1 fully saturated rings. The molecular formula is C18H21FN4O3. The van der Waals surface area contributed by atoms with Crippen LogP contribution in [0.15, 0.2) is 36.4 Å². The molecule has 8 heteroatoms. The number of hydrogen-bond acceptors (Lipinski definition) is 6. The normalized spacial score (nSPS) is 19.2. The first-order chi connectivity index (χ1) is 12.5. The Kier molecular flexibility index (Phi) is 5.24. The lowest BCUT2D eigenvalue weighted by atomic mass is 10.0. The molecule has 2 aromatic carbocycles. The molecule has 0 bridgehead atoms. The second-order valence-corrected chi connectivity index (χ2v) is 6.13. The van der Waals surface area contributed by atoms with Gasteiger partial charge in [-0.05, 0) is 48.4 Å². The smallest absolute Gasteiger partial charge is 0.411 e. The number of rotatable bonds is 4. The van der Waals surface area contributed by atoms with Crippen LogP contribution in [0.5, 0.6) is 5.75 Å². The number of aromatic hydroxyl groups is 1. The summed E-state index contributed by atoms with van der Waals surface area (Å²) in [7, 11) is 1.31. The molecule has 3 rings (SSSR count). The average Bonchev–Trinajstić information content (AvgIpc) is 3.08. The number of halogens is 1. The predicted molar refractivity (Wildman–Crippen MR) is 96.3 cm³/mol. The van der Waals surface area contributed by atoms with Crippen LogP contribution in [-0.2, 0) is 4.74 Å². The highest BCUT2D eigenvalue weighted by Gasteiger charge is 2.25. The molecule has 1 aliphatic heterocycles. The van der Waals surface area contributed by atoms with E-state index in [9.17, 15) is 14.3 Å². The van der Waals surface area contributed by atoms with Crippen LogP contribution in [0.2, 0.25) is 0 Å². The van der Waals surface area contributed by atoms with Gasteiger partial charge in [-0.25, -0.2) is 20.0 Å². The Morgan fingerprint density at radius 2 is 2.08 bits per heavy atom. The number of aryl methyl sites for hydroxylation is 1. The first-order valence-electron chi connectivity index (χ1n) is 8.18. The summed E-state index contributed by atoms with van der Waals surface area (Å²) in [6.45, 7) is 1.93. The summed E-state index contributed by atoms with van der Waals surface area (Å²) in [6, 6.07) is 9.78. The third-order valence-electron chi connectivity index (χ3n) is 4.27. The van der Waals surface area contributed by atoms with E-state index in [1.54, 1.807) is 12.1 Å². The summed E-state index contributed by atoms with van der Waals surface area (Å²) in [5.74, 6) is -0.990. The Morgan fingerprint density at radius 3 is 2.77 bits per heavy atom. The van der Waals surface area contributed by atoms with Crippen molar-refractivity contribution in [3.63, 3.8) is 0 Å². The van der Waals surface area contributed by atoms with Crippen molar-refractivity contribution in [2.24, 2.45) is 0 Å². The minimum atomic E-state index is -0.634. The van der Waals surface area contributed by atoms with Crippen molar-refractivity contribution in [1.29, 1.82) is 0 Å². The van der Waals surface area contributed by atoms with Gasteiger partial charge in [-0.15, -0.1) is 0 Å². The standard InChI is InChI=1S/C18H21FN4O3/c1-10-7-12(20-18(25)26-2)4-5-14(10)21-17-9-15(22-23-17)11-3-6-16(24)13(19)8-11/h3-8,15,17,21-24H,9H2,1-2H3,(H,20,25). The number of hydrazine groups is 1. The van der Waals surface area contributed by atoms with E-state index >= 15 is 0 Å². The van der Waals surface area contributed by atoms with E-state index in [0.717, 1.165) is 16.8 Å². The van der Waals surface area contributed by atoms with Crippen LogP contribution >= 0.6 is 0 Å². The van der Waals surface area contributed by atoms with Crippen molar-refractivity contribution in [2.75, 3.05) is 17.7 Å². The van der Waals surface area contributed by atoms with Crippen LogP contribution in [-0.4, -0.2) is 24.5 Å². The first kappa shape index (κ1) is 18.0. The summed E-state index contributed by atoms with van der Waals surface area (Å²) >= 11 is 0. The quantitative estimate of drug-likeness (QED) is 0.575. The highest BCUT2D eigenvalue weighted by Crippen LogP contribution is 2.28. The lowest BCUT2D eigenvalue weighted by molar-refractivity contribution is 0.187. The number of anilines is 2. The summed E-state index contributed by atoms with van der Waals surface area (Å²) < 4.78 is 18.1. The summed E-state index contributed by atoms with van der Waals surface area (Å²) in [5.41, 5.74) is 9.53. The maximum Gasteiger partial charge on any atom is 0.411 e. The average molecular weight is 360 g/mol. The molecule has 1 heterocycles. The van der Waals surface area contributed by atoms with Crippen LogP contribution in [0.1, 0.15) is 23.6 Å². The molecular weight excluding hydrogens is 339 g/mol. The zero-order chi connectivity index (χ0) is 18.7. The Bertz CT molecular complexity index is 815. The van der Waals surface area contributed by atoms with Crippen LogP contribution in [0.25, 0.3) is 0 Å². The van der Waals surface area contributed by atoms with Crippen molar-refractivity contribution in [3.8, 4) is 5.75 Å². The van der Waals surface area contributed by atoms with Crippen LogP contribution in [0.4, 0.5) is 20.6 Å². The molecule has 0 aliphatic carbocycles. The van der Waals surface area contributed by atoms with Crippen molar-refractivity contribution in [1.82, 2.24) is 10.9 Å². The Balaban J connectivity index is 1.63. The van der Waals surface area contributed by atoms with E-state index in [1.807, 2.05) is 19.1 Å². The van der Waals surface area contributed by atoms with Crippen molar-refractivity contribution in [2.45, 2.75) is 25.6 Å². The maximum absolute atomic E-state index is 13.5. The number of benzene rings is 2. The fourth-order valence-electron chi connectivity index (χ4n) is 2.87. The van der Waals surface area contributed by atoms with E-state index in [-0.39, 0.29) is 18.0 Å². The third-order valence-corrected chi connectivity index (χ3v) is 4.27. The SMILES string of the molecule is COC(=O)Nc1ccc(NC2CC(c3ccc(O)c(F)c3)NN2)c(C)c1. The van der Waals surface area contributed by atoms with Gasteiger partial charge in [0.15, 0.2) is 11.6 Å². The van der Waals surface area contributed by atoms with E-state index in [1.165, 1.54) is 19.2 Å². The predicted octanol–water partition coefficient (Wildman–Crippen LogP) is 3.00. The van der Waals surface area contributed by atoms with E-state index in [4.69, 9.17) is 0 Å². The van der Waals surface area contributed by atoms with Gasteiger partial charge in [0.2, 0.25) is 0 Å². The third kappa shape index (κ3) is 4.04. The molecule has 2 aromatic rings. The zero-order valence-corrected chi connectivity index (χ0v) is 14.5. The maximum atomic E-state index is 13.5. The molecule has 26 heavy (non-hydrogen) atoms. The van der Waals surface area contributed by atoms with Crippen molar-refractivity contribution < 1.29 is 19.0 Å². The molecule has 1 amide bonds. The van der Waals surface area contributed by atoms with Gasteiger partial charge in [-0.3, -0.25) is 5.32 Å². The van der Waals surface area contributed by atoms with Crippen molar-refractivity contribution >= 4 is 17.5 Å². The fourth-order valence-corrected chi connectivity index (χ4v) is 2.87. The number of hydrogen-bond donors (Lipinski definition) is 5. The Labute approximate surface area is 150 Å². The molecule has 0 aromatic heterocycles. The van der Waals surface area contributed by atoms with Gasteiger partial charge < -0.3 is 15.2 Å². The molecule has 0 spiro atoms. The molecule has 0 radical (unpaired) electrons. The van der Waals surface area contributed by atoms with Gasteiger partial charge in [0.25, 0.3) is 0 Å². The van der Waals surface area contributed by atoms with Crippen LogP contribution in [0.3, 0.4) is 0 Å². The summed E-state index contributed by atoms with van der Waals surface area (Å²) in [6.07, 6.45) is 0.108. The van der Waals surface area contributed by atoms with Gasteiger partial charge in [-0.2, -0.15) is 0 Å². The monoisotopic (exact) mass is 360 g/mol. The van der Waals surface area contributed by atoms with Gasteiger partial charge >= 0.3 is 6.09 Å². The molecule has 1 aliphatic rings. The number of carbonyl (C=O) groups excluding carboxylic acids is 1. The van der Waals surface area contributed by atoms with Gasteiger partial charge in [0.05, 0.1) is 13.3 Å². The highest BCUT2D eigenvalue weighted by molar-refractivity contribution is 5.85. The molecule has 138 valence electrons. The molecule has 5 N–H and O–H groups in total. The second kappa shape index (κ2) is 7.59. The van der Waals surface area contributed by atoms with Gasteiger partial charge in [0, 0.05) is 23.8 Å². The zero-order valence-electron chi connectivity index (χ0n) is 14.5.